The first-order chi connectivity index (χ1) is 7.29. The van der Waals surface area contributed by atoms with Crippen molar-refractivity contribution >= 4 is 0 Å². The van der Waals surface area contributed by atoms with Gasteiger partial charge in [-0.2, -0.15) is 0 Å². The van der Waals surface area contributed by atoms with Gasteiger partial charge in [0.2, 0.25) is 0 Å². The van der Waals surface area contributed by atoms with Gasteiger partial charge in [-0.1, -0.05) is 17.7 Å². The van der Waals surface area contributed by atoms with Crippen LogP contribution in [0.1, 0.15) is 48.9 Å². The van der Waals surface area contributed by atoms with Crippen LogP contribution in [0.25, 0.3) is 0 Å². The van der Waals surface area contributed by atoms with E-state index in [0.29, 0.717) is 0 Å². The van der Waals surface area contributed by atoms with Crippen LogP contribution in [0.15, 0.2) is 12.1 Å². The molecule has 0 fully saturated rings. The van der Waals surface area contributed by atoms with Gasteiger partial charge in [-0.3, -0.25) is 0 Å². The van der Waals surface area contributed by atoms with Crippen LogP contribution in [0, 0.1) is 20.8 Å². The van der Waals surface area contributed by atoms with E-state index in [1.807, 2.05) is 0 Å². The summed E-state index contributed by atoms with van der Waals surface area (Å²) in [5.41, 5.74) is 11.7. The maximum absolute atomic E-state index is 6.00. The SMILES string of the molecule is Cc1cc(C)c(CCCC(C)(C)N)c(C)c1. The third-order valence-corrected chi connectivity index (χ3v) is 3.09. The standard InChI is InChI=1S/C15H25N/c1-11-9-12(2)14(13(3)10-11)7-6-8-15(4,5)16/h9-10H,6-8,16H2,1-5H3. The van der Waals surface area contributed by atoms with Crippen molar-refractivity contribution in [3.63, 3.8) is 0 Å². The molecule has 0 saturated carbocycles. The largest absolute Gasteiger partial charge is 0.326 e. The Bertz CT molecular complexity index is 335. The van der Waals surface area contributed by atoms with Crippen molar-refractivity contribution in [1.82, 2.24) is 0 Å². The highest BCUT2D eigenvalue weighted by atomic mass is 14.7. The maximum Gasteiger partial charge on any atom is 0.00971 e. The monoisotopic (exact) mass is 219 g/mol. The minimum atomic E-state index is -0.0352. The fourth-order valence-electron chi connectivity index (χ4n) is 2.33. The normalized spacial score (nSPS) is 11.9. The molecule has 0 aromatic heterocycles. The highest BCUT2D eigenvalue weighted by Crippen LogP contribution is 2.20. The molecule has 0 spiro atoms. The molecule has 0 heterocycles. The lowest BCUT2D eigenvalue weighted by molar-refractivity contribution is 0.458. The number of rotatable bonds is 4. The van der Waals surface area contributed by atoms with E-state index in [1.54, 1.807) is 0 Å². The van der Waals surface area contributed by atoms with E-state index in [0.717, 1.165) is 12.8 Å². The maximum atomic E-state index is 6.00. The summed E-state index contributed by atoms with van der Waals surface area (Å²) >= 11 is 0. The lowest BCUT2D eigenvalue weighted by Gasteiger charge is -2.19. The molecule has 1 nitrogen and oxygen atoms in total. The van der Waals surface area contributed by atoms with Crippen molar-refractivity contribution in [3.8, 4) is 0 Å². The summed E-state index contributed by atoms with van der Waals surface area (Å²) in [4.78, 5) is 0. The zero-order valence-corrected chi connectivity index (χ0v) is 11.4. The summed E-state index contributed by atoms with van der Waals surface area (Å²) in [6.07, 6.45) is 3.41. The predicted molar refractivity (Wildman–Crippen MR) is 71.9 cm³/mol. The van der Waals surface area contributed by atoms with E-state index in [-0.39, 0.29) is 5.54 Å². The Kier molecular flexibility index (Phi) is 4.15. The van der Waals surface area contributed by atoms with Crippen LogP contribution in [-0.4, -0.2) is 5.54 Å². The number of aryl methyl sites for hydroxylation is 3. The van der Waals surface area contributed by atoms with E-state index >= 15 is 0 Å². The molecule has 1 aromatic rings. The van der Waals surface area contributed by atoms with Crippen LogP contribution in [-0.2, 0) is 6.42 Å². The Labute approximate surface area is 100 Å². The summed E-state index contributed by atoms with van der Waals surface area (Å²) in [6.45, 7) is 10.8. The molecule has 0 radical (unpaired) electrons. The number of nitrogens with two attached hydrogens (primary N) is 1. The molecule has 0 saturated heterocycles. The average Bonchev–Trinajstić information content (AvgIpc) is 2.07. The number of hydrogen-bond acceptors (Lipinski definition) is 1. The van der Waals surface area contributed by atoms with Gasteiger partial charge in [0.15, 0.2) is 0 Å². The van der Waals surface area contributed by atoms with Crippen LogP contribution >= 0.6 is 0 Å². The second-order valence-corrected chi connectivity index (χ2v) is 5.72. The second kappa shape index (κ2) is 5.01. The molecular formula is C15H25N. The molecule has 0 aliphatic carbocycles. The highest BCUT2D eigenvalue weighted by molar-refractivity contribution is 5.37. The van der Waals surface area contributed by atoms with Crippen LogP contribution in [0.3, 0.4) is 0 Å². The van der Waals surface area contributed by atoms with E-state index in [1.165, 1.54) is 28.7 Å². The Morgan fingerprint density at radius 3 is 2.00 bits per heavy atom. The van der Waals surface area contributed by atoms with Gasteiger partial charge in [-0.05, 0) is 70.6 Å². The van der Waals surface area contributed by atoms with Crippen molar-refractivity contribution in [2.75, 3.05) is 0 Å². The van der Waals surface area contributed by atoms with Gasteiger partial charge in [-0.15, -0.1) is 0 Å². The zero-order valence-electron chi connectivity index (χ0n) is 11.4. The summed E-state index contributed by atoms with van der Waals surface area (Å²) < 4.78 is 0. The molecule has 0 aliphatic rings. The van der Waals surface area contributed by atoms with Gasteiger partial charge in [0.05, 0.1) is 0 Å². The molecule has 0 unspecified atom stereocenters. The first-order valence-electron chi connectivity index (χ1n) is 6.15. The van der Waals surface area contributed by atoms with E-state index < -0.39 is 0 Å². The number of benzene rings is 1. The molecule has 1 aromatic carbocycles. The molecule has 0 amide bonds. The minimum Gasteiger partial charge on any atom is -0.326 e. The average molecular weight is 219 g/mol. The van der Waals surface area contributed by atoms with Gasteiger partial charge in [0.1, 0.15) is 0 Å². The zero-order chi connectivity index (χ0) is 12.3. The van der Waals surface area contributed by atoms with Crippen molar-refractivity contribution in [2.45, 2.75) is 59.4 Å². The van der Waals surface area contributed by atoms with Crippen molar-refractivity contribution in [2.24, 2.45) is 5.73 Å². The molecular weight excluding hydrogens is 194 g/mol. The van der Waals surface area contributed by atoms with Crippen LogP contribution in [0.4, 0.5) is 0 Å². The Balaban J connectivity index is 2.68. The first-order valence-corrected chi connectivity index (χ1v) is 6.15. The molecule has 1 heteroatoms. The van der Waals surface area contributed by atoms with Gasteiger partial charge in [-0.25, -0.2) is 0 Å². The van der Waals surface area contributed by atoms with Crippen LogP contribution in [0.5, 0.6) is 0 Å². The van der Waals surface area contributed by atoms with E-state index in [4.69, 9.17) is 5.73 Å². The van der Waals surface area contributed by atoms with Gasteiger partial charge in [0.25, 0.3) is 0 Å². The lowest BCUT2D eigenvalue weighted by atomic mass is 9.92. The summed E-state index contributed by atoms with van der Waals surface area (Å²) in [5, 5.41) is 0. The molecule has 1 rings (SSSR count). The van der Waals surface area contributed by atoms with Crippen LogP contribution in [0.2, 0.25) is 0 Å². The van der Waals surface area contributed by atoms with Crippen molar-refractivity contribution < 1.29 is 0 Å². The van der Waals surface area contributed by atoms with E-state index in [9.17, 15) is 0 Å². The molecule has 2 N–H and O–H groups in total. The number of hydrogen-bond donors (Lipinski definition) is 1. The Morgan fingerprint density at radius 2 is 1.56 bits per heavy atom. The summed E-state index contributed by atoms with van der Waals surface area (Å²) in [6, 6.07) is 4.55. The summed E-state index contributed by atoms with van der Waals surface area (Å²) in [7, 11) is 0. The smallest absolute Gasteiger partial charge is 0.00971 e. The first kappa shape index (κ1) is 13.2. The van der Waals surface area contributed by atoms with Crippen molar-refractivity contribution in [3.05, 3.63) is 34.4 Å². The van der Waals surface area contributed by atoms with Crippen molar-refractivity contribution in [1.29, 1.82) is 0 Å². The quantitative estimate of drug-likeness (QED) is 0.821. The van der Waals surface area contributed by atoms with Gasteiger partial charge in [0, 0.05) is 5.54 Å². The highest BCUT2D eigenvalue weighted by Gasteiger charge is 2.11. The lowest BCUT2D eigenvalue weighted by Crippen LogP contribution is -2.31. The molecule has 0 aliphatic heterocycles. The van der Waals surface area contributed by atoms with Gasteiger partial charge >= 0.3 is 0 Å². The van der Waals surface area contributed by atoms with E-state index in [2.05, 4.69) is 46.8 Å². The molecule has 0 atom stereocenters. The fourth-order valence-corrected chi connectivity index (χ4v) is 2.33. The molecule has 0 bridgehead atoms. The fraction of sp³-hybridized carbons (Fsp3) is 0.600. The Hall–Kier alpha value is -0.820. The topological polar surface area (TPSA) is 26.0 Å². The molecule has 16 heavy (non-hydrogen) atoms. The van der Waals surface area contributed by atoms with Crippen LogP contribution < -0.4 is 5.73 Å². The predicted octanol–water partition coefficient (Wildman–Crippen LogP) is 3.67. The molecule has 90 valence electrons. The van der Waals surface area contributed by atoms with Gasteiger partial charge < -0.3 is 5.73 Å². The third kappa shape index (κ3) is 3.97. The summed E-state index contributed by atoms with van der Waals surface area (Å²) in [5.74, 6) is 0. The Morgan fingerprint density at radius 1 is 1.06 bits per heavy atom. The second-order valence-electron chi connectivity index (χ2n) is 5.72. The minimum absolute atomic E-state index is 0.0352. The third-order valence-electron chi connectivity index (χ3n) is 3.09.